The van der Waals surface area contributed by atoms with E-state index >= 15 is 0 Å². The quantitative estimate of drug-likeness (QED) is 0.204. The largest absolute Gasteiger partial charge is 0.507 e. The van der Waals surface area contributed by atoms with Gasteiger partial charge in [0, 0.05) is 18.0 Å². The number of thiazole rings is 1. The second-order valence-electron chi connectivity index (χ2n) is 8.87. The van der Waals surface area contributed by atoms with Gasteiger partial charge < -0.3 is 5.11 Å². The number of carbonyl (C=O) groups is 2. The fourth-order valence-electron chi connectivity index (χ4n) is 4.94. The van der Waals surface area contributed by atoms with E-state index in [4.69, 9.17) is 11.6 Å². The number of aryl methyl sites for hydroxylation is 2. The molecule has 1 N–H and O–H groups in total. The Balaban J connectivity index is 1.53. The van der Waals surface area contributed by atoms with Crippen molar-refractivity contribution < 1.29 is 19.1 Å². The van der Waals surface area contributed by atoms with Gasteiger partial charge in [-0.3, -0.25) is 19.5 Å². The Hall–Kier alpha value is -3.62. The molecule has 4 aromatic rings. The molecule has 1 aliphatic carbocycles. The van der Waals surface area contributed by atoms with Crippen LogP contribution in [0.5, 0.6) is 0 Å². The van der Waals surface area contributed by atoms with Gasteiger partial charge in [-0.05, 0) is 72.7 Å². The lowest BCUT2D eigenvalue weighted by Gasteiger charge is -2.23. The van der Waals surface area contributed by atoms with Crippen LogP contribution < -0.4 is 4.90 Å². The highest BCUT2D eigenvalue weighted by Gasteiger charge is 2.48. The first kappa shape index (κ1) is 22.8. The third kappa shape index (κ3) is 3.68. The highest BCUT2D eigenvalue weighted by molar-refractivity contribution is 7.22. The normalized spacial score (nSPS) is 19.2. The average Bonchev–Trinajstić information content (AvgIpc) is 3.41. The van der Waals surface area contributed by atoms with Crippen molar-refractivity contribution in [2.45, 2.75) is 31.7 Å². The fourth-order valence-corrected chi connectivity index (χ4v) is 6.10. The molecule has 180 valence electrons. The summed E-state index contributed by atoms with van der Waals surface area (Å²) in [7, 11) is 0. The number of aromatic nitrogens is 2. The van der Waals surface area contributed by atoms with E-state index in [1.807, 2.05) is 12.1 Å². The third-order valence-electron chi connectivity index (χ3n) is 6.71. The minimum Gasteiger partial charge on any atom is -0.507 e. The summed E-state index contributed by atoms with van der Waals surface area (Å²) in [5.74, 6) is -2.46. The number of amides is 1. The molecule has 1 aliphatic heterocycles. The minimum absolute atomic E-state index is 0.0228. The van der Waals surface area contributed by atoms with Crippen LogP contribution >= 0.6 is 22.9 Å². The maximum atomic E-state index is 14.1. The summed E-state index contributed by atoms with van der Waals surface area (Å²) >= 11 is 7.00. The fraction of sp³-hybridized carbons (Fsp3) is 0.185. The van der Waals surface area contributed by atoms with Crippen molar-refractivity contribution in [1.82, 2.24) is 9.97 Å². The van der Waals surface area contributed by atoms with Gasteiger partial charge in [-0.25, -0.2) is 9.37 Å². The molecular weight excluding hydrogens is 501 g/mol. The van der Waals surface area contributed by atoms with Gasteiger partial charge in [0.2, 0.25) is 0 Å². The van der Waals surface area contributed by atoms with Crippen molar-refractivity contribution in [2.24, 2.45) is 0 Å². The monoisotopic (exact) mass is 519 g/mol. The van der Waals surface area contributed by atoms with Crippen molar-refractivity contribution in [3.8, 4) is 0 Å². The second kappa shape index (κ2) is 8.80. The molecule has 1 amide bonds. The minimum atomic E-state index is -0.926. The number of hydrogen-bond donors (Lipinski definition) is 1. The molecular formula is C27H19ClFN3O3S. The van der Waals surface area contributed by atoms with Gasteiger partial charge in [0.15, 0.2) is 5.13 Å². The number of pyridine rings is 1. The number of carbonyl (C=O) groups excluding carboxylic acids is 2. The SMILES string of the molecule is O=C1C(=O)N(c2nc3cc(Cl)c(F)cc3s2)C(c2ccncc2)/C1=C(\O)c1ccc2c(c1)CCCC2. The third-order valence-corrected chi connectivity index (χ3v) is 8.02. The summed E-state index contributed by atoms with van der Waals surface area (Å²) in [5, 5.41) is 11.5. The summed E-state index contributed by atoms with van der Waals surface area (Å²) in [5.41, 5.74) is 3.85. The number of fused-ring (bicyclic) bond motifs is 2. The molecule has 1 saturated heterocycles. The van der Waals surface area contributed by atoms with E-state index < -0.39 is 23.5 Å². The molecule has 9 heteroatoms. The number of nitrogens with zero attached hydrogens (tertiary/aromatic N) is 3. The van der Waals surface area contributed by atoms with Crippen molar-refractivity contribution in [3.05, 3.63) is 93.5 Å². The van der Waals surface area contributed by atoms with Crippen LogP contribution in [0, 0.1) is 5.82 Å². The van der Waals surface area contributed by atoms with Crippen LogP contribution in [0.2, 0.25) is 5.02 Å². The molecule has 1 atom stereocenters. The zero-order valence-corrected chi connectivity index (χ0v) is 20.4. The summed E-state index contributed by atoms with van der Waals surface area (Å²) in [6.07, 6.45) is 7.21. The van der Waals surface area contributed by atoms with Gasteiger partial charge in [-0.2, -0.15) is 0 Å². The molecule has 6 rings (SSSR count). The van der Waals surface area contributed by atoms with E-state index in [2.05, 4.69) is 9.97 Å². The van der Waals surface area contributed by atoms with E-state index in [0.29, 0.717) is 21.3 Å². The summed E-state index contributed by atoms with van der Waals surface area (Å²) in [4.78, 5) is 36.5. The van der Waals surface area contributed by atoms with E-state index in [0.717, 1.165) is 42.6 Å². The Morgan fingerprint density at radius 1 is 1.06 bits per heavy atom. The highest BCUT2D eigenvalue weighted by atomic mass is 35.5. The molecule has 36 heavy (non-hydrogen) atoms. The van der Waals surface area contributed by atoms with Gasteiger partial charge >= 0.3 is 5.91 Å². The Bertz CT molecular complexity index is 1550. The number of anilines is 1. The van der Waals surface area contributed by atoms with Gasteiger partial charge in [0.25, 0.3) is 5.78 Å². The maximum Gasteiger partial charge on any atom is 0.301 e. The lowest BCUT2D eigenvalue weighted by molar-refractivity contribution is -0.132. The Morgan fingerprint density at radius 2 is 1.81 bits per heavy atom. The number of ketones is 1. The van der Waals surface area contributed by atoms with Gasteiger partial charge in [0.1, 0.15) is 11.6 Å². The number of benzene rings is 2. The van der Waals surface area contributed by atoms with E-state index in [1.54, 1.807) is 30.6 Å². The smallest absolute Gasteiger partial charge is 0.301 e. The molecule has 0 saturated carbocycles. The highest BCUT2D eigenvalue weighted by Crippen LogP contribution is 2.44. The Morgan fingerprint density at radius 3 is 2.58 bits per heavy atom. The van der Waals surface area contributed by atoms with E-state index in [9.17, 15) is 19.1 Å². The second-order valence-corrected chi connectivity index (χ2v) is 10.3. The van der Waals surface area contributed by atoms with Gasteiger partial charge in [-0.1, -0.05) is 35.1 Å². The standard InChI is InChI=1S/C27H19ClFN3O3S/c28-18-12-20-21(13-19(18)29)36-27(31-20)32-23(15-7-9-30-10-8-15)22(25(34)26(32)35)24(33)17-6-5-14-3-1-2-4-16(14)11-17/h5-13,23,33H,1-4H2/b24-22+. The predicted octanol–water partition coefficient (Wildman–Crippen LogP) is 5.99. The molecule has 3 heterocycles. The van der Waals surface area contributed by atoms with Crippen molar-refractivity contribution in [2.75, 3.05) is 4.90 Å². The zero-order valence-electron chi connectivity index (χ0n) is 18.9. The van der Waals surface area contributed by atoms with Crippen LogP contribution in [0.4, 0.5) is 9.52 Å². The average molecular weight is 520 g/mol. The van der Waals surface area contributed by atoms with Gasteiger partial charge in [0.05, 0.1) is 26.9 Å². The molecule has 2 aliphatic rings. The predicted molar refractivity (Wildman–Crippen MR) is 137 cm³/mol. The van der Waals surface area contributed by atoms with E-state index in [1.165, 1.54) is 22.6 Å². The Kier molecular flexibility index (Phi) is 5.58. The maximum absolute atomic E-state index is 14.1. The molecule has 1 fully saturated rings. The first-order chi connectivity index (χ1) is 17.4. The number of hydrogen-bond acceptors (Lipinski definition) is 6. The molecule has 1 unspecified atom stereocenters. The molecule has 0 radical (unpaired) electrons. The van der Waals surface area contributed by atoms with Crippen LogP contribution in [0.15, 0.2) is 60.4 Å². The molecule has 0 spiro atoms. The number of Topliss-reactive ketones (excluding diaryl/α,β-unsaturated/α-hetero) is 1. The number of aliphatic hydroxyl groups excluding tert-OH is 1. The summed E-state index contributed by atoms with van der Waals surface area (Å²) < 4.78 is 14.5. The number of rotatable bonds is 3. The molecule has 6 nitrogen and oxygen atoms in total. The molecule has 2 aromatic heterocycles. The number of aliphatic hydroxyl groups is 1. The van der Waals surface area contributed by atoms with Crippen LogP contribution in [0.3, 0.4) is 0 Å². The number of halogens is 2. The lowest BCUT2D eigenvalue weighted by Crippen LogP contribution is -2.29. The van der Waals surface area contributed by atoms with Crippen LogP contribution in [-0.4, -0.2) is 26.8 Å². The van der Waals surface area contributed by atoms with Crippen molar-refractivity contribution in [1.29, 1.82) is 0 Å². The molecule has 0 bridgehead atoms. The Labute approximate surface area is 214 Å². The molecule has 2 aromatic carbocycles. The van der Waals surface area contributed by atoms with E-state index in [-0.39, 0.29) is 21.5 Å². The van der Waals surface area contributed by atoms with Crippen LogP contribution in [0.1, 0.15) is 41.1 Å². The lowest BCUT2D eigenvalue weighted by atomic mass is 9.89. The topological polar surface area (TPSA) is 83.4 Å². The van der Waals surface area contributed by atoms with Gasteiger partial charge in [-0.15, -0.1) is 0 Å². The van der Waals surface area contributed by atoms with Crippen LogP contribution in [-0.2, 0) is 22.4 Å². The van der Waals surface area contributed by atoms with Crippen molar-refractivity contribution in [3.63, 3.8) is 0 Å². The summed E-state index contributed by atoms with van der Waals surface area (Å²) in [6, 6.07) is 10.8. The van der Waals surface area contributed by atoms with Crippen molar-refractivity contribution >= 4 is 55.7 Å². The summed E-state index contributed by atoms with van der Waals surface area (Å²) in [6.45, 7) is 0. The zero-order chi connectivity index (χ0) is 25.0. The first-order valence-electron chi connectivity index (χ1n) is 11.5. The van der Waals surface area contributed by atoms with Crippen LogP contribution in [0.25, 0.3) is 16.0 Å². The first-order valence-corrected chi connectivity index (χ1v) is 12.7.